The first-order valence-corrected chi connectivity index (χ1v) is 8.25. The second kappa shape index (κ2) is 8.39. The predicted molar refractivity (Wildman–Crippen MR) is 97.0 cm³/mol. The number of hydrogen-bond donors (Lipinski definition) is 1. The fourth-order valence-corrected chi connectivity index (χ4v) is 2.39. The van der Waals surface area contributed by atoms with Gasteiger partial charge in [-0.3, -0.25) is 4.79 Å². The molecule has 4 heteroatoms. The van der Waals surface area contributed by atoms with Crippen LogP contribution in [0.4, 0.5) is 5.69 Å². The van der Waals surface area contributed by atoms with Gasteiger partial charge < -0.3 is 14.8 Å². The van der Waals surface area contributed by atoms with Gasteiger partial charge >= 0.3 is 0 Å². The molecule has 128 valence electrons. The van der Waals surface area contributed by atoms with Crippen LogP contribution in [-0.2, 0) is 4.79 Å². The quantitative estimate of drug-likeness (QED) is 0.812. The van der Waals surface area contributed by atoms with Crippen molar-refractivity contribution in [2.45, 2.75) is 33.6 Å². The van der Waals surface area contributed by atoms with E-state index < -0.39 is 0 Å². The fraction of sp³-hybridized carbons (Fsp3) is 0.350. The Kier molecular flexibility index (Phi) is 6.24. The minimum absolute atomic E-state index is 0.0175. The summed E-state index contributed by atoms with van der Waals surface area (Å²) in [6.07, 6.45) is 0. The summed E-state index contributed by atoms with van der Waals surface area (Å²) in [5, 5.41) is 2.83. The van der Waals surface area contributed by atoms with Crippen LogP contribution in [0.2, 0.25) is 0 Å². The van der Waals surface area contributed by atoms with Crippen LogP contribution < -0.4 is 14.8 Å². The van der Waals surface area contributed by atoms with Crippen molar-refractivity contribution in [3.63, 3.8) is 0 Å². The van der Waals surface area contributed by atoms with Gasteiger partial charge in [0.05, 0.1) is 6.61 Å². The van der Waals surface area contributed by atoms with E-state index in [1.54, 1.807) is 0 Å². The highest BCUT2D eigenvalue weighted by atomic mass is 16.5. The van der Waals surface area contributed by atoms with Gasteiger partial charge in [-0.25, -0.2) is 0 Å². The molecule has 0 aromatic heterocycles. The lowest BCUT2D eigenvalue weighted by atomic mass is 10.0. The standard InChI is InChI=1S/C20H25NO3/c1-5-23-17-9-7-16(8-10-17)21-20(22)13-24-19-12-15(4)6-11-18(19)14(2)3/h6-12,14H,5,13H2,1-4H3,(H,21,22). The average Bonchev–Trinajstić information content (AvgIpc) is 2.55. The van der Waals surface area contributed by atoms with E-state index in [0.717, 1.165) is 28.3 Å². The molecule has 2 aromatic carbocycles. The summed E-state index contributed by atoms with van der Waals surface area (Å²) >= 11 is 0. The van der Waals surface area contributed by atoms with E-state index in [1.165, 1.54) is 0 Å². The van der Waals surface area contributed by atoms with Gasteiger partial charge in [-0.05, 0) is 61.2 Å². The third kappa shape index (κ3) is 5.01. The molecule has 0 radical (unpaired) electrons. The number of ether oxygens (including phenoxy) is 2. The first-order valence-electron chi connectivity index (χ1n) is 8.25. The minimum Gasteiger partial charge on any atom is -0.494 e. The fourth-order valence-electron chi connectivity index (χ4n) is 2.39. The number of nitrogens with one attached hydrogen (secondary N) is 1. The highest BCUT2D eigenvalue weighted by Gasteiger charge is 2.10. The first-order chi connectivity index (χ1) is 11.5. The third-order valence-corrected chi connectivity index (χ3v) is 3.60. The molecule has 0 saturated carbocycles. The van der Waals surface area contributed by atoms with E-state index in [2.05, 4.69) is 31.3 Å². The Morgan fingerprint density at radius 2 is 1.79 bits per heavy atom. The third-order valence-electron chi connectivity index (χ3n) is 3.60. The van der Waals surface area contributed by atoms with Crippen molar-refractivity contribution in [3.8, 4) is 11.5 Å². The maximum absolute atomic E-state index is 12.1. The molecule has 0 bridgehead atoms. The Morgan fingerprint density at radius 3 is 2.42 bits per heavy atom. The second-order valence-electron chi connectivity index (χ2n) is 5.99. The summed E-state index contributed by atoms with van der Waals surface area (Å²) in [6.45, 7) is 8.76. The molecule has 2 rings (SSSR count). The molecular formula is C20H25NO3. The van der Waals surface area contributed by atoms with Crippen LogP contribution in [-0.4, -0.2) is 19.1 Å². The second-order valence-corrected chi connectivity index (χ2v) is 5.99. The zero-order chi connectivity index (χ0) is 17.5. The zero-order valence-electron chi connectivity index (χ0n) is 14.8. The van der Waals surface area contributed by atoms with Crippen molar-refractivity contribution in [2.75, 3.05) is 18.5 Å². The van der Waals surface area contributed by atoms with E-state index in [1.807, 2.05) is 44.2 Å². The van der Waals surface area contributed by atoms with Crippen LogP contribution in [0.1, 0.15) is 37.8 Å². The molecule has 0 aliphatic carbocycles. The molecule has 1 amide bonds. The van der Waals surface area contributed by atoms with Crippen LogP contribution in [0.25, 0.3) is 0 Å². The Morgan fingerprint density at radius 1 is 1.08 bits per heavy atom. The molecule has 0 aliphatic heterocycles. The number of anilines is 1. The van der Waals surface area contributed by atoms with Crippen LogP contribution in [0.3, 0.4) is 0 Å². The van der Waals surface area contributed by atoms with Crippen molar-refractivity contribution in [3.05, 3.63) is 53.6 Å². The van der Waals surface area contributed by atoms with E-state index in [9.17, 15) is 4.79 Å². The number of rotatable bonds is 7. The summed E-state index contributed by atoms with van der Waals surface area (Å²) in [6, 6.07) is 13.4. The normalized spacial score (nSPS) is 10.5. The molecule has 0 fully saturated rings. The monoisotopic (exact) mass is 327 g/mol. The predicted octanol–water partition coefficient (Wildman–Crippen LogP) is 4.53. The molecular weight excluding hydrogens is 302 g/mol. The lowest BCUT2D eigenvalue weighted by molar-refractivity contribution is -0.118. The molecule has 4 nitrogen and oxygen atoms in total. The SMILES string of the molecule is CCOc1ccc(NC(=O)COc2cc(C)ccc2C(C)C)cc1. The molecule has 0 heterocycles. The van der Waals surface area contributed by atoms with E-state index in [-0.39, 0.29) is 12.5 Å². The summed E-state index contributed by atoms with van der Waals surface area (Å²) in [7, 11) is 0. The Bertz CT molecular complexity index is 678. The van der Waals surface area contributed by atoms with E-state index in [4.69, 9.17) is 9.47 Å². The molecule has 0 atom stereocenters. The Hall–Kier alpha value is -2.49. The van der Waals surface area contributed by atoms with Crippen molar-refractivity contribution in [1.82, 2.24) is 0 Å². The molecule has 0 saturated heterocycles. The van der Waals surface area contributed by atoms with Crippen molar-refractivity contribution >= 4 is 11.6 Å². The molecule has 0 aliphatic rings. The number of carbonyl (C=O) groups is 1. The smallest absolute Gasteiger partial charge is 0.262 e. The molecule has 1 N–H and O–H groups in total. The summed E-state index contributed by atoms with van der Waals surface area (Å²) in [4.78, 5) is 12.1. The molecule has 0 unspecified atom stereocenters. The minimum atomic E-state index is -0.185. The summed E-state index contributed by atoms with van der Waals surface area (Å²) < 4.78 is 11.1. The van der Waals surface area contributed by atoms with Gasteiger partial charge in [0.25, 0.3) is 5.91 Å². The van der Waals surface area contributed by atoms with Crippen molar-refractivity contribution in [2.24, 2.45) is 0 Å². The summed E-state index contributed by atoms with van der Waals surface area (Å²) in [5.74, 6) is 1.71. The van der Waals surface area contributed by atoms with Crippen molar-refractivity contribution < 1.29 is 14.3 Å². The lowest BCUT2D eigenvalue weighted by Crippen LogP contribution is -2.20. The van der Waals surface area contributed by atoms with Gasteiger partial charge in [0, 0.05) is 5.69 Å². The van der Waals surface area contributed by atoms with Crippen LogP contribution in [0, 0.1) is 6.92 Å². The van der Waals surface area contributed by atoms with Crippen molar-refractivity contribution in [1.29, 1.82) is 0 Å². The van der Waals surface area contributed by atoms with Gasteiger partial charge in [-0.2, -0.15) is 0 Å². The Balaban J connectivity index is 1.95. The molecule has 0 spiro atoms. The van der Waals surface area contributed by atoms with Gasteiger partial charge in [-0.1, -0.05) is 26.0 Å². The Labute approximate surface area is 143 Å². The highest BCUT2D eigenvalue weighted by molar-refractivity contribution is 5.91. The maximum Gasteiger partial charge on any atom is 0.262 e. The van der Waals surface area contributed by atoms with Crippen LogP contribution >= 0.6 is 0 Å². The number of hydrogen-bond acceptors (Lipinski definition) is 3. The van der Waals surface area contributed by atoms with E-state index in [0.29, 0.717) is 12.5 Å². The topological polar surface area (TPSA) is 47.6 Å². The largest absolute Gasteiger partial charge is 0.494 e. The van der Waals surface area contributed by atoms with Crippen LogP contribution in [0.15, 0.2) is 42.5 Å². The summed E-state index contributed by atoms with van der Waals surface area (Å²) in [5.41, 5.74) is 2.94. The average molecular weight is 327 g/mol. The molecule has 24 heavy (non-hydrogen) atoms. The van der Waals surface area contributed by atoms with Gasteiger partial charge in [-0.15, -0.1) is 0 Å². The molecule has 2 aromatic rings. The number of carbonyl (C=O) groups excluding carboxylic acids is 1. The zero-order valence-corrected chi connectivity index (χ0v) is 14.8. The maximum atomic E-state index is 12.1. The highest BCUT2D eigenvalue weighted by Crippen LogP contribution is 2.27. The number of benzene rings is 2. The number of amides is 1. The van der Waals surface area contributed by atoms with Gasteiger partial charge in [0.2, 0.25) is 0 Å². The van der Waals surface area contributed by atoms with Gasteiger partial charge in [0.1, 0.15) is 11.5 Å². The number of aryl methyl sites for hydroxylation is 1. The van der Waals surface area contributed by atoms with Gasteiger partial charge in [0.15, 0.2) is 6.61 Å². The lowest BCUT2D eigenvalue weighted by Gasteiger charge is -2.15. The van der Waals surface area contributed by atoms with E-state index >= 15 is 0 Å². The van der Waals surface area contributed by atoms with Crippen LogP contribution in [0.5, 0.6) is 11.5 Å². The first kappa shape index (κ1) is 17.9.